The molecule has 0 saturated carbocycles. The molecule has 1 fully saturated rings. The van der Waals surface area contributed by atoms with Crippen LogP contribution in [0, 0.1) is 11.7 Å². The van der Waals surface area contributed by atoms with Crippen LogP contribution < -0.4 is 0 Å². The van der Waals surface area contributed by atoms with Crippen LogP contribution in [0.4, 0.5) is 0 Å². The van der Waals surface area contributed by atoms with Gasteiger partial charge in [-0.15, -0.1) is 0 Å². The molecule has 0 aliphatic carbocycles. The maximum absolute atomic E-state index is 5.25. The van der Waals surface area contributed by atoms with E-state index < -0.39 is 0 Å². The van der Waals surface area contributed by atoms with Gasteiger partial charge in [0, 0.05) is 23.7 Å². The predicted octanol–water partition coefficient (Wildman–Crippen LogP) is 2.92. The van der Waals surface area contributed by atoms with E-state index in [2.05, 4.69) is 16.5 Å². The Balaban J connectivity index is 2.27. The maximum Gasteiger partial charge on any atom is 0.177 e. The van der Waals surface area contributed by atoms with Crippen molar-refractivity contribution in [2.75, 3.05) is 11.5 Å². The van der Waals surface area contributed by atoms with Crippen molar-refractivity contribution >= 4 is 24.0 Å². The van der Waals surface area contributed by atoms with Crippen LogP contribution in [0.5, 0.6) is 0 Å². The first kappa shape index (κ1) is 9.34. The number of imidazole rings is 1. The highest BCUT2D eigenvalue weighted by molar-refractivity contribution is 7.99. The summed E-state index contributed by atoms with van der Waals surface area (Å²) in [5.41, 5.74) is 1.26. The molecule has 0 radical (unpaired) electrons. The Labute approximate surface area is 87.7 Å². The highest BCUT2D eigenvalue weighted by atomic mass is 32.2. The van der Waals surface area contributed by atoms with E-state index in [0.717, 1.165) is 4.77 Å². The van der Waals surface area contributed by atoms with E-state index in [4.69, 9.17) is 12.2 Å². The molecule has 1 atom stereocenters. The zero-order valence-electron chi connectivity index (χ0n) is 7.75. The normalized spacial score (nSPS) is 23.3. The molecule has 1 aromatic rings. The van der Waals surface area contributed by atoms with Gasteiger partial charge in [-0.1, -0.05) is 0 Å². The molecule has 2 nitrogen and oxygen atoms in total. The van der Waals surface area contributed by atoms with Gasteiger partial charge in [0.2, 0.25) is 0 Å². The molecule has 1 aliphatic rings. The molecule has 1 saturated heterocycles. The third-order valence-corrected chi connectivity index (χ3v) is 4.02. The van der Waals surface area contributed by atoms with Crippen LogP contribution in [0.1, 0.15) is 24.6 Å². The summed E-state index contributed by atoms with van der Waals surface area (Å²) in [7, 11) is 0. The van der Waals surface area contributed by atoms with Gasteiger partial charge in [-0.05, 0) is 37.7 Å². The summed E-state index contributed by atoms with van der Waals surface area (Å²) >= 11 is 7.29. The van der Waals surface area contributed by atoms with Crippen LogP contribution in [-0.4, -0.2) is 21.1 Å². The quantitative estimate of drug-likeness (QED) is 0.726. The molecule has 1 unspecified atom stereocenters. The van der Waals surface area contributed by atoms with Crippen LogP contribution >= 0.6 is 24.0 Å². The van der Waals surface area contributed by atoms with E-state index in [9.17, 15) is 0 Å². The third-order valence-electron chi connectivity index (χ3n) is 2.50. The molecule has 13 heavy (non-hydrogen) atoms. The summed E-state index contributed by atoms with van der Waals surface area (Å²) in [4.78, 5) is 3.10. The van der Waals surface area contributed by atoms with Gasteiger partial charge in [0.1, 0.15) is 0 Å². The first-order valence-electron chi connectivity index (χ1n) is 4.63. The minimum absolute atomic E-state index is 0.623. The van der Waals surface area contributed by atoms with Gasteiger partial charge in [0.15, 0.2) is 4.77 Å². The lowest BCUT2D eigenvalue weighted by Crippen LogP contribution is -2.17. The van der Waals surface area contributed by atoms with Crippen LogP contribution in [0.25, 0.3) is 0 Å². The average molecular weight is 214 g/mol. The standard InChI is InChI=1S/C9H14N2S2/c1-7-5-10-9(12)11(7)8-3-2-4-13-6-8/h5,8H,2-4,6H2,1H3,(H,10,12). The highest BCUT2D eigenvalue weighted by Crippen LogP contribution is 2.27. The first-order valence-corrected chi connectivity index (χ1v) is 6.19. The highest BCUT2D eigenvalue weighted by Gasteiger charge is 2.17. The smallest absolute Gasteiger partial charge is 0.177 e. The molecule has 0 spiro atoms. The summed E-state index contributed by atoms with van der Waals surface area (Å²) < 4.78 is 3.14. The number of aromatic amines is 1. The molecule has 1 aliphatic heterocycles. The molecule has 2 heterocycles. The summed E-state index contributed by atoms with van der Waals surface area (Å²) in [6.45, 7) is 2.12. The van der Waals surface area contributed by atoms with Crippen molar-refractivity contribution in [1.29, 1.82) is 0 Å². The molecule has 0 aromatic carbocycles. The first-order chi connectivity index (χ1) is 6.29. The molecular weight excluding hydrogens is 200 g/mol. The van der Waals surface area contributed by atoms with Gasteiger partial charge in [0.05, 0.1) is 0 Å². The van der Waals surface area contributed by atoms with Gasteiger partial charge in [-0.2, -0.15) is 11.8 Å². The minimum atomic E-state index is 0.623. The van der Waals surface area contributed by atoms with Gasteiger partial charge in [0.25, 0.3) is 0 Å². The Morgan fingerprint density at radius 3 is 3.08 bits per heavy atom. The second kappa shape index (κ2) is 3.88. The molecule has 1 N–H and O–H groups in total. The van der Waals surface area contributed by atoms with Gasteiger partial charge >= 0.3 is 0 Å². The number of nitrogens with zero attached hydrogens (tertiary/aromatic N) is 1. The summed E-state index contributed by atoms with van der Waals surface area (Å²) in [5.74, 6) is 2.53. The maximum atomic E-state index is 5.25. The van der Waals surface area contributed by atoms with Gasteiger partial charge in [-0.3, -0.25) is 0 Å². The second-order valence-electron chi connectivity index (χ2n) is 3.48. The molecule has 0 bridgehead atoms. The largest absolute Gasteiger partial charge is 0.337 e. The fraction of sp³-hybridized carbons (Fsp3) is 0.667. The van der Waals surface area contributed by atoms with Crippen molar-refractivity contribution in [3.63, 3.8) is 0 Å². The fourth-order valence-electron chi connectivity index (χ4n) is 1.85. The lowest BCUT2D eigenvalue weighted by atomic mass is 10.2. The number of hydrogen-bond acceptors (Lipinski definition) is 2. The number of nitrogens with one attached hydrogen (secondary N) is 1. The zero-order valence-corrected chi connectivity index (χ0v) is 9.38. The Kier molecular flexibility index (Phi) is 2.79. The monoisotopic (exact) mass is 214 g/mol. The molecule has 72 valence electrons. The third kappa shape index (κ3) is 1.83. The predicted molar refractivity (Wildman–Crippen MR) is 59.9 cm³/mol. The Hall–Kier alpha value is -0.220. The number of H-pyrrole nitrogens is 1. The van der Waals surface area contributed by atoms with Crippen molar-refractivity contribution in [2.24, 2.45) is 0 Å². The van der Waals surface area contributed by atoms with E-state index in [1.807, 2.05) is 18.0 Å². The molecule has 1 aromatic heterocycles. The van der Waals surface area contributed by atoms with E-state index >= 15 is 0 Å². The van der Waals surface area contributed by atoms with Crippen molar-refractivity contribution in [2.45, 2.75) is 25.8 Å². The number of thioether (sulfide) groups is 1. The molecule has 2 rings (SSSR count). The van der Waals surface area contributed by atoms with E-state index in [0.29, 0.717) is 6.04 Å². The van der Waals surface area contributed by atoms with Gasteiger partial charge < -0.3 is 9.55 Å². The summed E-state index contributed by atoms with van der Waals surface area (Å²) in [6, 6.07) is 0.623. The second-order valence-corrected chi connectivity index (χ2v) is 5.01. The lowest BCUT2D eigenvalue weighted by molar-refractivity contribution is 0.486. The van der Waals surface area contributed by atoms with Crippen LogP contribution in [0.15, 0.2) is 6.20 Å². The Bertz CT molecular complexity index is 334. The lowest BCUT2D eigenvalue weighted by Gasteiger charge is -2.23. The minimum Gasteiger partial charge on any atom is -0.337 e. The number of hydrogen-bond donors (Lipinski definition) is 1. The topological polar surface area (TPSA) is 20.7 Å². The Morgan fingerprint density at radius 2 is 2.54 bits per heavy atom. The van der Waals surface area contributed by atoms with Crippen molar-refractivity contribution in [3.05, 3.63) is 16.7 Å². The average Bonchev–Trinajstić information content (AvgIpc) is 2.48. The zero-order chi connectivity index (χ0) is 9.26. The van der Waals surface area contributed by atoms with E-state index in [-0.39, 0.29) is 0 Å². The summed E-state index contributed by atoms with van der Waals surface area (Å²) in [6.07, 6.45) is 4.60. The van der Waals surface area contributed by atoms with Gasteiger partial charge in [-0.25, -0.2) is 0 Å². The number of aryl methyl sites for hydroxylation is 1. The van der Waals surface area contributed by atoms with Crippen LogP contribution in [0.2, 0.25) is 0 Å². The number of aromatic nitrogens is 2. The fourth-order valence-corrected chi connectivity index (χ4v) is 3.32. The van der Waals surface area contributed by atoms with Crippen LogP contribution in [-0.2, 0) is 0 Å². The van der Waals surface area contributed by atoms with Crippen molar-refractivity contribution < 1.29 is 0 Å². The van der Waals surface area contributed by atoms with Crippen LogP contribution in [0.3, 0.4) is 0 Å². The molecular formula is C9H14N2S2. The molecule has 4 heteroatoms. The van der Waals surface area contributed by atoms with Crippen molar-refractivity contribution in [1.82, 2.24) is 9.55 Å². The summed E-state index contributed by atoms with van der Waals surface area (Å²) in [5, 5.41) is 0. The van der Waals surface area contributed by atoms with E-state index in [1.54, 1.807) is 0 Å². The number of rotatable bonds is 1. The molecule has 0 amide bonds. The SMILES string of the molecule is Cc1c[nH]c(=S)n1C1CCCSC1. The Morgan fingerprint density at radius 1 is 1.69 bits per heavy atom. The van der Waals surface area contributed by atoms with E-state index in [1.165, 1.54) is 30.0 Å². The van der Waals surface area contributed by atoms with Crippen molar-refractivity contribution in [3.8, 4) is 0 Å².